The molecule has 0 aliphatic carbocycles. The summed E-state index contributed by atoms with van der Waals surface area (Å²) < 4.78 is 0. The summed E-state index contributed by atoms with van der Waals surface area (Å²) in [6.45, 7) is 4.17. The number of rotatable bonds is 6. The Bertz CT molecular complexity index is 891. The van der Waals surface area contributed by atoms with E-state index < -0.39 is 0 Å². The van der Waals surface area contributed by atoms with Crippen LogP contribution in [0.1, 0.15) is 35.5 Å². The smallest absolute Gasteiger partial charge is 0.274 e. The van der Waals surface area contributed by atoms with E-state index in [1.165, 1.54) is 5.56 Å². The first-order valence-electron chi connectivity index (χ1n) is 8.78. The van der Waals surface area contributed by atoms with Crippen LogP contribution in [0.4, 0.5) is 17.3 Å². The molecule has 0 saturated heterocycles. The van der Waals surface area contributed by atoms with Crippen molar-refractivity contribution in [2.45, 2.75) is 26.7 Å². The number of carbonyl (C=O) groups is 1. The highest BCUT2D eigenvalue weighted by molar-refractivity contribution is 6.03. The molecule has 0 unspecified atom stereocenters. The predicted octanol–water partition coefficient (Wildman–Crippen LogP) is 4.60. The number of anilines is 3. The number of nitrogens with one attached hydrogen (secondary N) is 2. The van der Waals surface area contributed by atoms with Gasteiger partial charge < -0.3 is 10.6 Å². The van der Waals surface area contributed by atoms with Crippen LogP contribution in [-0.4, -0.2) is 15.9 Å². The van der Waals surface area contributed by atoms with Gasteiger partial charge in [-0.05, 0) is 48.2 Å². The molecule has 1 amide bonds. The van der Waals surface area contributed by atoms with Crippen LogP contribution in [-0.2, 0) is 12.8 Å². The molecule has 26 heavy (non-hydrogen) atoms. The molecule has 0 spiro atoms. The first-order chi connectivity index (χ1) is 12.7. The molecule has 0 radical (unpaired) electrons. The highest BCUT2D eigenvalue weighted by Gasteiger charge is 2.11. The number of aryl methyl sites for hydroxylation is 2. The molecule has 132 valence electrons. The Morgan fingerprint density at radius 2 is 1.73 bits per heavy atom. The molecule has 2 aromatic carbocycles. The summed E-state index contributed by atoms with van der Waals surface area (Å²) in [6.07, 6.45) is 3.42. The zero-order chi connectivity index (χ0) is 18.4. The number of para-hydroxylation sites is 1. The van der Waals surface area contributed by atoms with E-state index in [0.717, 1.165) is 29.8 Å². The Balaban J connectivity index is 1.74. The Hall–Kier alpha value is -3.21. The summed E-state index contributed by atoms with van der Waals surface area (Å²) in [7, 11) is 0. The minimum atomic E-state index is -0.252. The largest absolute Gasteiger partial charge is 0.324 e. The van der Waals surface area contributed by atoms with Crippen LogP contribution in [0.3, 0.4) is 0 Å². The van der Waals surface area contributed by atoms with Gasteiger partial charge in [0.2, 0.25) is 5.95 Å². The lowest BCUT2D eigenvalue weighted by Crippen LogP contribution is -2.15. The fourth-order valence-electron chi connectivity index (χ4n) is 2.64. The third-order valence-electron chi connectivity index (χ3n) is 4.15. The normalized spacial score (nSPS) is 10.4. The van der Waals surface area contributed by atoms with Crippen molar-refractivity contribution < 1.29 is 4.79 Å². The molecule has 2 N–H and O–H groups in total. The van der Waals surface area contributed by atoms with Gasteiger partial charge in [-0.25, -0.2) is 9.97 Å². The number of aromatic nitrogens is 2. The molecule has 5 nitrogen and oxygen atoms in total. The summed E-state index contributed by atoms with van der Waals surface area (Å²) in [5, 5.41) is 6.06. The summed E-state index contributed by atoms with van der Waals surface area (Å²) in [5.74, 6) is 0.142. The molecule has 0 bridgehead atoms. The number of amides is 1. The topological polar surface area (TPSA) is 66.9 Å². The molecule has 0 aliphatic heterocycles. The molecule has 5 heteroatoms. The number of hydrogen-bond donors (Lipinski definition) is 2. The number of nitrogens with zero attached hydrogens (tertiary/aromatic N) is 2. The summed E-state index contributed by atoms with van der Waals surface area (Å²) in [5.41, 5.74) is 4.36. The van der Waals surface area contributed by atoms with E-state index >= 15 is 0 Å². The molecule has 1 heterocycles. The van der Waals surface area contributed by atoms with Crippen molar-refractivity contribution in [1.29, 1.82) is 0 Å². The average molecular weight is 346 g/mol. The van der Waals surface area contributed by atoms with Gasteiger partial charge in [0.1, 0.15) is 5.69 Å². The van der Waals surface area contributed by atoms with Gasteiger partial charge in [0.05, 0.1) is 0 Å². The van der Waals surface area contributed by atoms with E-state index in [9.17, 15) is 4.79 Å². The van der Waals surface area contributed by atoms with E-state index in [0.29, 0.717) is 11.6 Å². The minimum absolute atomic E-state index is 0.252. The Labute approximate surface area is 153 Å². The van der Waals surface area contributed by atoms with Gasteiger partial charge in [-0.15, -0.1) is 0 Å². The Kier molecular flexibility index (Phi) is 5.59. The van der Waals surface area contributed by atoms with Gasteiger partial charge >= 0.3 is 0 Å². The number of hydrogen-bond acceptors (Lipinski definition) is 4. The van der Waals surface area contributed by atoms with Crippen molar-refractivity contribution in [3.05, 3.63) is 77.6 Å². The quantitative estimate of drug-likeness (QED) is 0.685. The number of benzene rings is 2. The predicted molar refractivity (Wildman–Crippen MR) is 105 cm³/mol. The second kappa shape index (κ2) is 8.25. The van der Waals surface area contributed by atoms with Crippen molar-refractivity contribution in [3.63, 3.8) is 0 Å². The van der Waals surface area contributed by atoms with Crippen LogP contribution in [0.25, 0.3) is 0 Å². The summed E-state index contributed by atoms with van der Waals surface area (Å²) in [4.78, 5) is 21.1. The van der Waals surface area contributed by atoms with E-state index in [2.05, 4.69) is 46.6 Å². The molecule has 0 atom stereocenters. The van der Waals surface area contributed by atoms with E-state index in [1.807, 2.05) is 36.4 Å². The van der Waals surface area contributed by atoms with Gasteiger partial charge in [-0.1, -0.05) is 44.2 Å². The van der Waals surface area contributed by atoms with Crippen LogP contribution in [0.2, 0.25) is 0 Å². The first kappa shape index (κ1) is 17.6. The van der Waals surface area contributed by atoms with E-state index in [-0.39, 0.29) is 5.91 Å². The lowest BCUT2D eigenvalue weighted by atomic mass is 10.1. The molecule has 3 aromatic rings. The lowest BCUT2D eigenvalue weighted by Gasteiger charge is -2.10. The standard InChI is InChI=1S/C21H22N4O/c1-3-15-9-11-17(12-10-15)23-21-22-14-13-19(25-21)20(26)24-18-8-6-5-7-16(18)4-2/h5-14H,3-4H2,1-2H3,(H,24,26)(H,22,23,25). The highest BCUT2D eigenvalue weighted by atomic mass is 16.1. The van der Waals surface area contributed by atoms with Crippen molar-refractivity contribution in [1.82, 2.24) is 9.97 Å². The van der Waals surface area contributed by atoms with Gasteiger partial charge in [0.15, 0.2) is 0 Å². The lowest BCUT2D eigenvalue weighted by molar-refractivity contribution is 0.102. The fourth-order valence-corrected chi connectivity index (χ4v) is 2.64. The van der Waals surface area contributed by atoms with Crippen LogP contribution >= 0.6 is 0 Å². The number of carbonyl (C=O) groups excluding carboxylic acids is 1. The van der Waals surface area contributed by atoms with Crippen LogP contribution in [0.5, 0.6) is 0 Å². The zero-order valence-electron chi connectivity index (χ0n) is 15.0. The fraction of sp³-hybridized carbons (Fsp3) is 0.190. The molecular weight excluding hydrogens is 324 g/mol. The van der Waals surface area contributed by atoms with Crippen molar-refractivity contribution >= 4 is 23.2 Å². The maximum Gasteiger partial charge on any atom is 0.274 e. The Morgan fingerprint density at radius 3 is 2.46 bits per heavy atom. The molecule has 3 rings (SSSR count). The third-order valence-corrected chi connectivity index (χ3v) is 4.15. The van der Waals surface area contributed by atoms with Crippen LogP contribution in [0, 0.1) is 0 Å². The van der Waals surface area contributed by atoms with Gasteiger partial charge in [-0.3, -0.25) is 4.79 Å². The molecule has 0 fully saturated rings. The SMILES string of the molecule is CCc1ccc(Nc2nccc(C(=O)Nc3ccccc3CC)n2)cc1. The molecule has 0 aliphatic rings. The maximum absolute atomic E-state index is 12.5. The summed E-state index contributed by atoms with van der Waals surface area (Å²) in [6, 6.07) is 17.4. The van der Waals surface area contributed by atoms with Gasteiger partial charge in [0.25, 0.3) is 5.91 Å². The third kappa shape index (κ3) is 4.25. The first-order valence-corrected chi connectivity index (χ1v) is 8.78. The van der Waals surface area contributed by atoms with Crippen LogP contribution in [0.15, 0.2) is 60.8 Å². The van der Waals surface area contributed by atoms with E-state index in [1.54, 1.807) is 12.3 Å². The molecular formula is C21H22N4O. The summed E-state index contributed by atoms with van der Waals surface area (Å²) >= 11 is 0. The second-order valence-electron chi connectivity index (χ2n) is 5.91. The average Bonchev–Trinajstić information content (AvgIpc) is 2.69. The second-order valence-corrected chi connectivity index (χ2v) is 5.91. The Morgan fingerprint density at radius 1 is 0.962 bits per heavy atom. The highest BCUT2D eigenvalue weighted by Crippen LogP contribution is 2.17. The minimum Gasteiger partial charge on any atom is -0.324 e. The monoisotopic (exact) mass is 346 g/mol. The van der Waals surface area contributed by atoms with Crippen molar-refractivity contribution in [2.75, 3.05) is 10.6 Å². The van der Waals surface area contributed by atoms with Crippen LogP contribution < -0.4 is 10.6 Å². The van der Waals surface area contributed by atoms with Crippen molar-refractivity contribution in [2.24, 2.45) is 0 Å². The van der Waals surface area contributed by atoms with E-state index in [4.69, 9.17) is 0 Å². The van der Waals surface area contributed by atoms with Crippen molar-refractivity contribution in [3.8, 4) is 0 Å². The molecule has 1 aromatic heterocycles. The zero-order valence-corrected chi connectivity index (χ0v) is 15.0. The molecule has 0 saturated carbocycles. The van der Waals surface area contributed by atoms with Gasteiger partial charge in [0, 0.05) is 17.6 Å². The maximum atomic E-state index is 12.5. The van der Waals surface area contributed by atoms with Gasteiger partial charge in [-0.2, -0.15) is 0 Å².